The van der Waals surface area contributed by atoms with Gasteiger partial charge in [-0.1, -0.05) is 23.2 Å². The van der Waals surface area contributed by atoms with Crippen molar-refractivity contribution in [2.45, 2.75) is 82.4 Å². The van der Waals surface area contributed by atoms with Crippen molar-refractivity contribution in [2.24, 2.45) is 0 Å². The van der Waals surface area contributed by atoms with E-state index in [1.54, 1.807) is 59.1 Å². The van der Waals surface area contributed by atoms with Crippen LogP contribution in [0.15, 0.2) is 36.4 Å². The Morgan fingerprint density at radius 3 is 1.52 bits per heavy atom. The van der Waals surface area contributed by atoms with E-state index in [0.717, 1.165) is 52.1 Å². The highest BCUT2D eigenvalue weighted by molar-refractivity contribution is 7.92. The van der Waals surface area contributed by atoms with Crippen molar-refractivity contribution < 1.29 is 57.4 Å². The van der Waals surface area contributed by atoms with E-state index in [0.29, 0.717) is 77.7 Å². The number of thiazole rings is 2. The van der Waals surface area contributed by atoms with Crippen molar-refractivity contribution in [3.05, 3.63) is 88.7 Å². The number of nitrogens with zero attached hydrogens (tertiary/aromatic N) is 5. The molecule has 2 aromatic carbocycles. The van der Waals surface area contributed by atoms with Gasteiger partial charge in [-0.3, -0.25) is 4.90 Å². The lowest BCUT2D eigenvalue weighted by molar-refractivity contribution is -0.148. The van der Waals surface area contributed by atoms with Crippen LogP contribution in [0.1, 0.15) is 79.8 Å². The number of ether oxygens (including phenoxy) is 2. The van der Waals surface area contributed by atoms with Crippen molar-refractivity contribution in [1.82, 2.24) is 20.2 Å². The quantitative estimate of drug-likeness (QED) is 0.153. The summed E-state index contributed by atoms with van der Waals surface area (Å²) in [6, 6.07) is 14.1. The van der Waals surface area contributed by atoms with Crippen LogP contribution in [0, 0.1) is 36.5 Å². The Kier molecular flexibility index (Phi) is 18.3. The number of likely N-dealkylation sites (tertiary alicyclic amines) is 1. The number of piperidine rings is 2. The molecule has 0 bridgehead atoms. The molecule has 0 radical (unpaired) electrons. The second-order valence-corrected chi connectivity index (χ2v) is 19.2. The van der Waals surface area contributed by atoms with E-state index in [2.05, 4.69) is 10.3 Å². The zero-order valence-corrected chi connectivity index (χ0v) is 37.3. The largest absolute Gasteiger partial charge is 0.497 e. The lowest BCUT2D eigenvalue weighted by Gasteiger charge is -2.31. The fourth-order valence-corrected chi connectivity index (χ4v) is 9.44. The number of benzene rings is 2. The maximum atomic E-state index is 12.5. The third-order valence-corrected chi connectivity index (χ3v) is 14.0. The number of aromatic nitrogens is 2. The molecular formula is C39H39Cl2F9N6O4S3. The Balaban J connectivity index is 0.000000224. The van der Waals surface area contributed by atoms with Crippen LogP contribution in [0.25, 0.3) is 0 Å². The van der Waals surface area contributed by atoms with Gasteiger partial charge < -0.3 is 14.8 Å². The van der Waals surface area contributed by atoms with E-state index in [1.807, 2.05) is 26.0 Å². The third-order valence-electron chi connectivity index (χ3n) is 9.41. The van der Waals surface area contributed by atoms with Crippen LogP contribution in [0.5, 0.6) is 11.5 Å². The highest BCUT2D eigenvalue weighted by atomic mass is 35.5. The van der Waals surface area contributed by atoms with Crippen LogP contribution in [-0.4, -0.2) is 79.6 Å². The van der Waals surface area contributed by atoms with Crippen molar-refractivity contribution in [1.29, 1.82) is 10.5 Å². The molecule has 2 aliphatic heterocycles. The maximum Gasteiger partial charge on any atom is 0.497 e. The number of rotatable bonds is 10. The molecule has 2 aliphatic rings. The lowest BCUT2D eigenvalue weighted by Crippen LogP contribution is -2.39. The zero-order valence-electron chi connectivity index (χ0n) is 33.4. The van der Waals surface area contributed by atoms with Crippen molar-refractivity contribution in [3.8, 4) is 23.6 Å². The van der Waals surface area contributed by atoms with Gasteiger partial charge in [0.25, 0.3) is 9.84 Å². The molecule has 24 heteroatoms. The average Bonchev–Trinajstić information content (AvgIpc) is 3.76. The van der Waals surface area contributed by atoms with Gasteiger partial charge in [-0.05, 0) is 90.0 Å². The van der Waals surface area contributed by atoms with E-state index in [1.165, 1.54) is 9.91 Å². The van der Waals surface area contributed by atoms with Crippen LogP contribution in [-0.2, 0) is 23.1 Å². The summed E-state index contributed by atoms with van der Waals surface area (Å²) in [5.41, 5.74) is -3.08. The first kappa shape index (κ1) is 51.7. The second-order valence-electron chi connectivity index (χ2n) is 14.2. The summed E-state index contributed by atoms with van der Waals surface area (Å²) in [5.74, 6) is -0.878. The summed E-state index contributed by atoms with van der Waals surface area (Å²) in [6.45, 7) is 6.90. The molecule has 344 valence electrons. The van der Waals surface area contributed by atoms with Gasteiger partial charge in [0, 0.05) is 24.0 Å². The van der Waals surface area contributed by atoms with E-state index < -0.39 is 40.0 Å². The maximum absolute atomic E-state index is 12.5. The standard InChI is InChI=1S/C19H19ClF3N3OS.C17H18ClN3OS.C3H2F6O2S/c1-12-17(10-27-15-3-2-14(9-24)16(20)8-15)28-18(25-12)13-4-6-26(7-5-13)11-19(21,22)23;1-11-16(23-17(21-11)12-4-6-20-7-5-12)10-22-14-3-2-13(9-19)15(18)8-14;4-2(5,6)1-12(10,11)3(7,8)9/h2-3,8,13H,4-7,10-11H2,1H3;2-3,8,12,20H,4-7,10H2,1H3;1H2. The monoisotopic (exact) mass is 992 g/mol. The van der Waals surface area contributed by atoms with Gasteiger partial charge in [0.1, 0.15) is 36.9 Å². The van der Waals surface area contributed by atoms with Crippen molar-refractivity contribution in [2.75, 3.05) is 38.5 Å². The Hall–Kier alpha value is -3.90. The van der Waals surface area contributed by atoms with Gasteiger partial charge in [0.15, 0.2) is 5.75 Å². The van der Waals surface area contributed by atoms with Gasteiger partial charge in [-0.15, -0.1) is 22.7 Å². The van der Waals surface area contributed by atoms with Gasteiger partial charge in [0.2, 0.25) is 0 Å². The topological polar surface area (TPSA) is 141 Å². The summed E-state index contributed by atoms with van der Waals surface area (Å²) in [5, 5.41) is 24.1. The molecular weight excluding hydrogens is 955 g/mol. The van der Waals surface area contributed by atoms with Crippen LogP contribution in [0.4, 0.5) is 39.5 Å². The predicted octanol–water partition coefficient (Wildman–Crippen LogP) is 10.8. The molecule has 2 aromatic heterocycles. The number of nitriles is 2. The fourth-order valence-electron chi connectivity index (χ4n) is 6.13. The van der Waals surface area contributed by atoms with Crippen LogP contribution < -0.4 is 14.8 Å². The normalized spacial score (nSPS) is 15.6. The summed E-state index contributed by atoms with van der Waals surface area (Å²) in [6.07, 6.45) is -5.86. The Morgan fingerprint density at radius 1 is 0.746 bits per heavy atom. The summed E-state index contributed by atoms with van der Waals surface area (Å²) < 4.78 is 136. The minimum atomic E-state index is -6.08. The zero-order chi connectivity index (χ0) is 46.8. The molecule has 4 aromatic rings. The highest BCUT2D eigenvalue weighted by Gasteiger charge is 2.51. The molecule has 1 N–H and O–H groups in total. The van der Waals surface area contributed by atoms with Crippen LogP contribution >= 0.6 is 45.9 Å². The average molecular weight is 994 g/mol. The molecule has 0 spiro atoms. The number of hydrogen-bond acceptors (Lipinski definition) is 12. The first-order chi connectivity index (χ1) is 29.4. The first-order valence-corrected chi connectivity index (χ1v) is 22.8. The third kappa shape index (κ3) is 16.2. The first-order valence-electron chi connectivity index (χ1n) is 18.8. The number of hydrogen-bond donors (Lipinski definition) is 1. The molecule has 63 heavy (non-hydrogen) atoms. The van der Waals surface area contributed by atoms with Crippen molar-refractivity contribution >= 4 is 55.7 Å². The summed E-state index contributed by atoms with van der Waals surface area (Å²) in [7, 11) is -6.08. The molecule has 0 aliphatic carbocycles. The van der Waals surface area contributed by atoms with Gasteiger partial charge in [-0.25, -0.2) is 18.4 Å². The number of halogens is 11. The van der Waals surface area contributed by atoms with E-state index >= 15 is 0 Å². The molecule has 0 amide bonds. The second kappa shape index (κ2) is 22.3. The minimum Gasteiger partial charge on any atom is -0.488 e. The Labute approximate surface area is 375 Å². The lowest BCUT2D eigenvalue weighted by atomic mass is 9.97. The van der Waals surface area contributed by atoms with Gasteiger partial charge >= 0.3 is 17.9 Å². The number of alkyl halides is 9. The molecule has 0 saturated carbocycles. The minimum absolute atomic E-state index is 0.186. The predicted molar refractivity (Wildman–Crippen MR) is 220 cm³/mol. The van der Waals surface area contributed by atoms with Crippen LogP contribution in [0.2, 0.25) is 10.0 Å². The molecule has 10 nitrogen and oxygen atoms in total. The van der Waals surface area contributed by atoms with Gasteiger partial charge in [-0.2, -0.15) is 50.0 Å². The Bertz CT molecular complexity index is 2350. The molecule has 2 fully saturated rings. The number of nitrogens with one attached hydrogen (secondary N) is 1. The SMILES string of the molecule is Cc1nc(C2CCN(CC(F)(F)F)CC2)sc1COc1ccc(C#N)c(Cl)c1.Cc1nc(C2CCNCC2)sc1COc1ccc(C#N)c(Cl)c1.O=S(=O)(CC(F)(F)F)C(F)(F)F. The highest BCUT2D eigenvalue weighted by Crippen LogP contribution is 2.35. The molecule has 0 atom stereocenters. The molecule has 6 rings (SSSR count). The molecule has 2 saturated heterocycles. The van der Waals surface area contributed by atoms with E-state index in [4.69, 9.17) is 48.2 Å². The number of aryl methyl sites for hydroxylation is 2. The van der Waals surface area contributed by atoms with Crippen LogP contribution in [0.3, 0.4) is 0 Å². The fraction of sp³-hybridized carbons (Fsp3) is 0.487. The molecule has 4 heterocycles. The van der Waals surface area contributed by atoms with E-state index in [-0.39, 0.29) is 5.92 Å². The Morgan fingerprint density at radius 2 is 1.17 bits per heavy atom. The molecule has 0 unspecified atom stereocenters. The van der Waals surface area contributed by atoms with Crippen molar-refractivity contribution in [3.63, 3.8) is 0 Å². The summed E-state index contributed by atoms with van der Waals surface area (Å²) >= 11 is 15.3. The smallest absolute Gasteiger partial charge is 0.488 e. The van der Waals surface area contributed by atoms with E-state index in [9.17, 15) is 47.9 Å². The summed E-state index contributed by atoms with van der Waals surface area (Å²) in [4.78, 5) is 12.9. The number of sulfone groups is 1. The van der Waals surface area contributed by atoms with Gasteiger partial charge in [0.05, 0.1) is 58.9 Å².